The van der Waals surface area contributed by atoms with Gasteiger partial charge in [-0.15, -0.1) is 0 Å². The smallest absolute Gasteiger partial charge is 0.318 e. The molecule has 0 radical (unpaired) electrons. The fourth-order valence-corrected chi connectivity index (χ4v) is 4.84. The Balaban J connectivity index is 1.26. The molecule has 1 saturated carbocycles. The standard InChI is InChI=1S/C23H29N5O2/c29-22(24-12-7-17-5-2-1-3-6-17)28-16-20-19(23(28)10-4-11-23)15-25-21(27-20)26-18-8-13-30-14-9-18/h1-3,5-6,15,18H,4,7-14,16H2,(H,24,29)(H,25,26,27). The fourth-order valence-electron chi connectivity index (χ4n) is 4.84. The number of hydrogen-bond donors (Lipinski definition) is 2. The molecule has 1 saturated heterocycles. The first-order chi connectivity index (χ1) is 14.7. The highest BCUT2D eigenvalue weighted by Gasteiger charge is 2.52. The molecule has 2 aromatic rings. The number of urea groups is 1. The third-order valence-electron chi connectivity index (χ3n) is 6.71. The normalized spacial score (nSPS) is 19.9. The average Bonchev–Trinajstić information content (AvgIpc) is 3.10. The fraction of sp³-hybridized carbons (Fsp3) is 0.522. The summed E-state index contributed by atoms with van der Waals surface area (Å²) in [7, 11) is 0. The van der Waals surface area contributed by atoms with Crippen LogP contribution in [0.4, 0.5) is 10.7 Å². The number of anilines is 1. The van der Waals surface area contributed by atoms with Crippen molar-refractivity contribution in [3.63, 3.8) is 0 Å². The van der Waals surface area contributed by atoms with Crippen molar-refractivity contribution in [3.05, 3.63) is 53.3 Å². The molecule has 3 aliphatic rings. The van der Waals surface area contributed by atoms with Gasteiger partial charge < -0.3 is 20.3 Å². The van der Waals surface area contributed by atoms with Gasteiger partial charge in [0.2, 0.25) is 5.95 Å². The summed E-state index contributed by atoms with van der Waals surface area (Å²) >= 11 is 0. The van der Waals surface area contributed by atoms with Gasteiger partial charge in [0.25, 0.3) is 0 Å². The zero-order chi connectivity index (χ0) is 20.4. The van der Waals surface area contributed by atoms with Crippen LogP contribution in [0.2, 0.25) is 0 Å². The van der Waals surface area contributed by atoms with E-state index in [1.807, 2.05) is 29.3 Å². The highest BCUT2D eigenvalue weighted by atomic mass is 16.5. The van der Waals surface area contributed by atoms with Crippen molar-refractivity contribution in [2.75, 3.05) is 25.1 Å². The largest absolute Gasteiger partial charge is 0.381 e. The molecule has 0 bridgehead atoms. The topological polar surface area (TPSA) is 79.4 Å². The Morgan fingerprint density at radius 3 is 2.73 bits per heavy atom. The Labute approximate surface area is 177 Å². The second-order valence-corrected chi connectivity index (χ2v) is 8.52. The summed E-state index contributed by atoms with van der Waals surface area (Å²) in [5.74, 6) is 0.668. The van der Waals surface area contributed by atoms with Gasteiger partial charge in [0.15, 0.2) is 0 Å². The summed E-state index contributed by atoms with van der Waals surface area (Å²) in [5, 5.41) is 6.57. The number of nitrogens with zero attached hydrogens (tertiary/aromatic N) is 3. The molecular weight excluding hydrogens is 378 g/mol. The number of fused-ring (bicyclic) bond motifs is 2. The van der Waals surface area contributed by atoms with Gasteiger partial charge in [-0.3, -0.25) is 0 Å². The van der Waals surface area contributed by atoms with Gasteiger partial charge in [0.1, 0.15) is 0 Å². The first kappa shape index (κ1) is 19.3. The summed E-state index contributed by atoms with van der Waals surface area (Å²) in [4.78, 5) is 24.4. The van der Waals surface area contributed by atoms with Crippen LogP contribution in [0.1, 0.15) is 48.9 Å². The van der Waals surface area contributed by atoms with Crippen LogP contribution < -0.4 is 10.6 Å². The Morgan fingerprint density at radius 2 is 2.00 bits per heavy atom. The van der Waals surface area contributed by atoms with Crippen LogP contribution in [0.3, 0.4) is 0 Å². The van der Waals surface area contributed by atoms with Crippen LogP contribution in [-0.4, -0.2) is 46.7 Å². The van der Waals surface area contributed by atoms with Crippen molar-refractivity contribution in [2.45, 2.75) is 56.7 Å². The molecule has 1 aromatic carbocycles. The van der Waals surface area contributed by atoms with Gasteiger partial charge in [-0.1, -0.05) is 30.3 Å². The van der Waals surface area contributed by atoms with Crippen LogP contribution in [0.5, 0.6) is 0 Å². The van der Waals surface area contributed by atoms with Crippen LogP contribution in [0.15, 0.2) is 36.5 Å². The number of hydrogen-bond acceptors (Lipinski definition) is 5. The zero-order valence-electron chi connectivity index (χ0n) is 17.3. The molecule has 5 rings (SSSR count). The molecule has 3 heterocycles. The number of aromatic nitrogens is 2. The SMILES string of the molecule is O=C(NCCc1ccccc1)N1Cc2nc(NC3CCOCC3)ncc2C12CCC2. The molecule has 2 N–H and O–H groups in total. The summed E-state index contributed by atoms with van der Waals surface area (Å²) in [5.41, 5.74) is 3.13. The number of benzene rings is 1. The molecule has 158 valence electrons. The quantitative estimate of drug-likeness (QED) is 0.796. The molecular formula is C23H29N5O2. The molecule has 2 amide bonds. The number of rotatable bonds is 5. The average molecular weight is 408 g/mol. The van der Waals surface area contributed by atoms with E-state index in [1.165, 1.54) is 5.56 Å². The van der Waals surface area contributed by atoms with E-state index in [0.29, 0.717) is 25.1 Å². The van der Waals surface area contributed by atoms with Crippen LogP contribution >= 0.6 is 0 Å². The third-order valence-corrected chi connectivity index (χ3v) is 6.71. The van der Waals surface area contributed by atoms with E-state index in [1.54, 1.807) is 0 Å². The molecule has 7 nitrogen and oxygen atoms in total. The lowest BCUT2D eigenvalue weighted by Crippen LogP contribution is -2.53. The Bertz CT molecular complexity index is 894. The lowest BCUT2D eigenvalue weighted by Gasteiger charge is -2.45. The molecule has 1 aliphatic carbocycles. The van der Waals surface area contributed by atoms with Gasteiger partial charge in [-0.2, -0.15) is 0 Å². The van der Waals surface area contributed by atoms with E-state index in [0.717, 1.165) is 63.0 Å². The van der Waals surface area contributed by atoms with Crippen molar-refractivity contribution in [1.29, 1.82) is 0 Å². The lowest BCUT2D eigenvalue weighted by molar-refractivity contribution is 0.0560. The van der Waals surface area contributed by atoms with Gasteiger partial charge in [-0.05, 0) is 44.1 Å². The van der Waals surface area contributed by atoms with E-state index in [9.17, 15) is 4.79 Å². The molecule has 1 aromatic heterocycles. The van der Waals surface area contributed by atoms with Gasteiger partial charge >= 0.3 is 6.03 Å². The monoisotopic (exact) mass is 407 g/mol. The Hall–Kier alpha value is -2.67. The maximum atomic E-state index is 13.1. The lowest BCUT2D eigenvalue weighted by atomic mass is 9.73. The van der Waals surface area contributed by atoms with E-state index in [4.69, 9.17) is 9.72 Å². The van der Waals surface area contributed by atoms with E-state index in [-0.39, 0.29) is 11.6 Å². The molecule has 1 spiro atoms. The Kier molecular flexibility index (Phi) is 5.29. The number of ether oxygens (including phenoxy) is 1. The van der Waals surface area contributed by atoms with E-state index >= 15 is 0 Å². The minimum Gasteiger partial charge on any atom is -0.381 e. The Morgan fingerprint density at radius 1 is 1.20 bits per heavy atom. The first-order valence-electron chi connectivity index (χ1n) is 11.0. The third kappa shape index (κ3) is 3.62. The first-order valence-corrected chi connectivity index (χ1v) is 11.0. The van der Waals surface area contributed by atoms with Crippen molar-refractivity contribution < 1.29 is 9.53 Å². The van der Waals surface area contributed by atoms with Crippen molar-refractivity contribution >= 4 is 12.0 Å². The summed E-state index contributed by atoms with van der Waals surface area (Å²) < 4.78 is 5.43. The highest BCUT2D eigenvalue weighted by molar-refractivity contribution is 5.76. The molecule has 2 fully saturated rings. The van der Waals surface area contributed by atoms with Crippen molar-refractivity contribution in [1.82, 2.24) is 20.2 Å². The number of carbonyl (C=O) groups is 1. The maximum Gasteiger partial charge on any atom is 0.318 e. The van der Waals surface area contributed by atoms with E-state index in [2.05, 4.69) is 27.8 Å². The molecule has 30 heavy (non-hydrogen) atoms. The second kappa shape index (κ2) is 8.22. The number of carbonyl (C=O) groups excluding carboxylic acids is 1. The summed E-state index contributed by atoms with van der Waals surface area (Å²) in [6.45, 7) is 2.75. The van der Waals surface area contributed by atoms with Crippen molar-refractivity contribution in [3.8, 4) is 0 Å². The maximum absolute atomic E-state index is 13.1. The van der Waals surface area contributed by atoms with E-state index < -0.39 is 0 Å². The predicted octanol–water partition coefficient (Wildman–Crippen LogP) is 3.21. The molecule has 0 unspecified atom stereocenters. The van der Waals surface area contributed by atoms with Gasteiger partial charge in [0.05, 0.1) is 17.8 Å². The summed E-state index contributed by atoms with van der Waals surface area (Å²) in [6.07, 6.45) is 7.83. The minimum absolute atomic E-state index is 0.00238. The van der Waals surface area contributed by atoms with Crippen molar-refractivity contribution in [2.24, 2.45) is 0 Å². The van der Waals surface area contributed by atoms with Crippen LogP contribution in [0, 0.1) is 0 Å². The van der Waals surface area contributed by atoms with Crippen LogP contribution in [-0.2, 0) is 23.2 Å². The molecule has 7 heteroatoms. The van der Waals surface area contributed by atoms with Crippen LogP contribution in [0.25, 0.3) is 0 Å². The molecule has 2 aliphatic heterocycles. The predicted molar refractivity (Wildman–Crippen MR) is 114 cm³/mol. The highest BCUT2D eigenvalue weighted by Crippen LogP contribution is 2.51. The van der Waals surface area contributed by atoms with Gasteiger partial charge in [0, 0.05) is 37.6 Å². The molecule has 0 atom stereocenters. The van der Waals surface area contributed by atoms with Gasteiger partial charge in [-0.25, -0.2) is 14.8 Å². The number of nitrogens with one attached hydrogen (secondary N) is 2. The minimum atomic E-state index is -0.219. The summed E-state index contributed by atoms with van der Waals surface area (Å²) in [6, 6.07) is 10.6. The zero-order valence-corrected chi connectivity index (χ0v) is 17.3. The number of amides is 2. The second-order valence-electron chi connectivity index (χ2n) is 8.52.